The fourth-order valence-corrected chi connectivity index (χ4v) is 6.37. The molecule has 1 saturated carbocycles. The normalized spacial score (nSPS) is 24.6. The number of Topliss-reactive ketones (excluding diaryl/α,β-unsaturated/α-hetero) is 1. The molecule has 0 spiro atoms. The number of ether oxygens (including phenoxy) is 3. The summed E-state index contributed by atoms with van der Waals surface area (Å²) in [5, 5.41) is 0. The number of hydrogen-bond donors (Lipinski definition) is 0. The van der Waals surface area contributed by atoms with Crippen LogP contribution in [0.2, 0.25) is 0 Å². The minimum Gasteiger partial charge on any atom is -0.497 e. The van der Waals surface area contributed by atoms with Gasteiger partial charge in [0.25, 0.3) is 0 Å². The zero-order valence-corrected chi connectivity index (χ0v) is 24.6. The summed E-state index contributed by atoms with van der Waals surface area (Å²) >= 11 is 0. The van der Waals surface area contributed by atoms with Crippen molar-refractivity contribution < 1.29 is 28.6 Å². The van der Waals surface area contributed by atoms with Crippen molar-refractivity contribution in [3.8, 4) is 11.5 Å². The highest BCUT2D eigenvalue weighted by Gasteiger charge is 2.57. The lowest BCUT2D eigenvalue weighted by Gasteiger charge is -2.49. The van der Waals surface area contributed by atoms with Gasteiger partial charge in [-0.05, 0) is 85.8 Å². The zero-order chi connectivity index (χ0) is 29.0. The van der Waals surface area contributed by atoms with Crippen LogP contribution in [-0.4, -0.2) is 55.0 Å². The highest BCUT2D eigenvalue weighted by molar-refractivity contribution is 6.11. The Balaban J connectivity index is 1.63. The van der Waals surface area contributed by atoms with Crippen LogP contribution in [0.5, 0.6) is 11.5 Å². The molecule has 0 N–H and O–H groups in total. The van der Waals surface area contributed by atoms with Crippen LogP contribution in [0.3, 0.4) is 0 Å². The molecular formula is C33H43NO6. The van der Waals surface area contributed by atoms with E-state index in [4.69, 9.17) is 14.2 Å². The Bertz CT molecular complexity index is 1120. The highest BCUT2D eigenvalue weighted by Crippen LogP contribution is 2.38. The Morgan fingerprint density at radius 3 is 1.88 bits per heavy atom. The zero-order valence-electron chi connectivity index (χ0n) is 24.6. The van der Waals surface area contributed by atoms with Crippen molar-refractivity contribution in [1.29, 1.82) is 0 Å². The molecule has 1 saturated heterocycles. The molecule has 1 aliphatic heterocycles. The monoisotopic (exact) mass is 549 g/mol. The van der Waals surface area contributed by atoms with Crippen molar-refractivity contribution in [1.82, 2.24) is 4.90 Å². The molecule has 1 heterocycles. The van der Waals surface area contributed by atoms with Crippen molar-refractivity contribution in [3.63, 3.8) is 0 Å². The van der Waals surface area contributed by atoms with Gasteiger partial charge in [-0.2, -0.15) is 0 Å². The minimum absolute atomic E-state index is 0.206. The Labute approximate surface area is 238 Å². The highest BCUT2D eigenvalue weighted by atomic mass is 16.5. The van der Waals surface area contributed by atoms with Crippen LogP contribution in [0.1, 0.15) is 58.1 Å². The third-order valence-corrected chi connectivity index (χ3v) is 8.70. The smallest absolute Gasteiger partial charge is 0.330 e. The lowest BCUT2D eigenvalue weighted by Crippen LogP contribution is -2.70. The van der Waals surface area contributed by atoms with E-state index >= 15 is 0 Å². The number of carbonyl (C=O) groups excluding carboxylic acids is 3. The van der Waals surface area contributed by atoms with E-state index in [-0.39, 0.29) is 29.8 Å². The molecule has 2 fully saturated rings. The molecule has 40 heavy (non-hydrogen) atoms. The molecule has 2 aliphatic rings. The number of likely N-dealkylation sites (tertiary alicyclic amines) is 1. The van der Waals surface area contributed by atoms with E-state index in [1.54, 1.807) is 19.1 Å². The number of β-lactam (4-membered cyclic amide) rings is 1. The van der Waals surface area contributed by atoms with Gasteiger partial charge in [-0.15, -0.1) is 0 Å². The topological polar surface area (TPSA) is 82.1 Å². The average molecular weight is 550 g/mol. The second-order valence-electron chi connectivity index (χ2n) is 11.8. The first-order chi connectivity index (χ1) is 19.1. The van der Waals surface area contributed by atoms with Gasteiger partial charge >= 0.3 is 5.97 Å². The number of benzene rings is 2. The summed E-state index contributed by atoms with van der Waals surface area (Å²) in [5.74, 6) is 0.547. The summed E-state index contributed by atoms with van der Waals surface area (Å²) in [7, 11) is 3.24. The van der Waals surface area contributed by atoms with Crippen molar-refractivity contribution in [2.24, 2.45) is 23.7 Å². The van der Waals surface area contributed by atoms with Crippen LogP contribution in [0.15, 0.2) is 48.5 Å². The Hall–Kier alpha value is -3.35. The molecule has 5 atom stereocenters. The van der Waals surface area contributed by atoms with Crippen LogP contribution in [0.25, 0.3) is 0 Å². The molecule has 1 amide bonds. The summed E-state index contributed by atoms with van der Waals surface area (Å²) in [5.41, 5.74) is 2.01. The maximum atomic E-state index is 13.8. The number of nitrogens with zero attached hydrogens (tertiary/aromatic N) is 1. The number of esters is 1. The molecular weight excluding hydrogens is 506 g/mol. The van der Waals surface area contributed by atoms with Crippen LogP contribution < -0.4 is 9.47 Å². The van der Waals surface area contributed by atoms with E-state index < -0.39 is 17.9 Å². The van der Waals surface area contributed by atoms with E-state index in [1.165, 1.54) is 6.92 Å². The molecule has 0 aromatic heterocycles. The van der Waals surface area contributed by atoms with Crippen molar-refractivity contribution >= 4 is 17.7 Å². The Morgan fingerprint density at radius 2 is 1.43 bits per heavy atom. The molecule has 1 aliphatic carbocycles. The molecule has 5 unspecified atom stereocenters. The standard InChI is InChI=1S/C33H43NO6/c1-20(2)28-16-7-21(3)17-29(28)40-33(37)31-30(22(4)35)32(36)34(31)25(18-23-8-12-26(38-5)13-9-23)19-24-10-14-27(39-6)15-11-24/h8-15,20-21,25,28-31H,7,16-19H2,1-6H3. The third-order valence-electron chi connectivity index (χ3n) is 8.70. The van der Waals surface area contributed by atoms with Crippen LogP contribution in [0, 0.1) is 23.7 Å². The summed E-state index contributed by atoms with van der Waals surface area (Å²) in [6, 6.07) is 14.2. The molecule has 2 aromatic rings. The second kappa shape index (κ2) is 12.9. The predicted octanol–water partition coefficient (Wildman–Crippen LogP) is 5.28. The summed E-state index contributed by atoms with van der Waals surface area (Å²) in [6.45, 7) is 7.91. The summed E-state index contributed by atoms with van der Waals surface area (Å²) in [4.78, 5) is 41.6. The predicted molar refractivity (Wildman–Crippen MR) is 153 cm³/mol. The van der Waals surface area contributed by atoms with E-state index in [1.807, 2.05) is 48.5 Å². The fraction of sp³-hybridized carbons (Fsp3) is 0.545. The second-order valence-corrected chi connectivity index (χ2v) is 11.8. The SMILES string of the molecule is COc1ccc(CC(Cc2ccc(OC)cc2)N2C(=O)C(C(C)=O)C2C(=O)OC2CC(C)CCC2C(C)C)cc1. The molecule has 0 bridgehead atoms. The third kappa shape index (κ3) is 6.51. The van der Waals surface area contributed by atoms with Gasteiger partial charge in [0.1, 0.15) is 35.3 Å². The molecule has 2 aromatic carbocycles. The molecule has 7 nitrogen and oxygen atoms in total. The van der Waals surface area contributed by atoms with Gasteiger partial charge in [0, 0.05) is 6.04 Å². The molecule has 7 heteroatoms. The summed E-state index contributed by atoms with van der Waals surface area (Å²) in [6.07, 6.45) is 3.77. The van der Waals surface area contributed by atoms with Gasteiger partial charge in [0.2, 0.25) is 5.91 Å². The maximum absolute atomic E-state index is 13.8. The van der Waals surface area contributed by atoms with Gasteiger partial charge in [-0.3, -0.25) is 9.59 Å². The van der Waals surface area contributed by atoms with Crippen molar-refractivity contribution in [2.75, 3.05) is 14.2 Å². The van der Waals surface area contributed by atoms with E-state index in [0.717, 1.165) is 41.9 Å². The van der Waals surface area contributed by atoms with Gasteiger partial charge in [-0.25, -0.2) is 4.79 Å². The summed E-state index contributed by atoms with van der Waals surface area (Å²) < 4.78 is 16.8. The number of amides is 1. The van der Waals surface area contributed by atoms with Gasteiger partial charge in [0.05, 0.1) is 14.2 Å². The number of rotatable bonds is 11. The van der Waals surface area contributed by atoms with Crippen LogP contribution in [0.4, 0.5) is 0 Å². The largest absolute Gasteiger partial charge is 0.497 e. The first-order valence-corrected chi connectivity index (χ1v) is 14.4. The van der Waals surface area contributed by atoms with Crippen LogP contribution >= 0.6 is 0 Å². The average Bonchev–Trinajstić information content (AvgIpc) is 2.92. The molecule has 0 radical (unpaired) electrons. The van der Waals surface area contributed by atoms with E-state index in [2.05, 4.69) is 20.8 Å². The lowest BCUT2D eigenvalue weighted by atomic mass is 9.75. The van der Waals surface area contributed by atoms with E-state index in [9.17, 15) is 14.4 Å². The van der Waals surface area contributed by atoms with Crippen molar-refractivity contribution in [3.05, 3.63) is 59.7 Å². The quantitative estimate of drug-likeness (QED) is 0.216. The Morgan fingerprint density at radius 1 is 0.900 bits per heavy atom. The lowest BCUT2D eigenvalue weighted by molar-refractivity contribution is -0.186. The Kier molecular flexibility index (Phi) is 9.54. The van der Waals surface area contributed by atoms with Crippen LogP contribution in [-0.2, 0) is 32.0 Å². The van der Waals surface area contributed by atoms with Gasteiger partial charge < -0.3 is 19.1 Å². The first-order valence-electron chi connectivity index (χ1n) is 14.4. The number of carbonyl (C=O) groups is 3. The van der Waals surface area contributed by atoms with Gasteiger partial charge in [-0.1, -0.05) is 51.5 Å². The first kappa shape index (κ1) is 29.6. The number of methoxy groups -OCH3 is 2. The number of ketones is 1. The molecule has 216 valence electrons. The van der Waals surface area contributed by atoms with Crippen molar-refractivity contribution in [2.45, 2.75) is 78.0 Å². The number of hydrogen-bond acceptors (Lipinski definition) is 6. The molecule has 4 rings (SSSR count). The van der Waals surface area contributed by atoms with Gasteiger partial charge in [0.15, 0.2) is 0 Å². The van der Waals surface area contributed by atoms with E-state index in [0.29, 0.717) is 24.7 Å². The maximum Gasteiger partial charge on any atom is 0.330 e. The fourth-order valence-electron chi connectivity index (χ4n) is 6.37. The minimum atomic E-state index is -1.000.